The lowest BCUT2D eigenvalue weighted by Gasteiger charge is -2.15. The first-order valence-electron chi connectivity index (χ1n) is 7.76. The van der Waals surface area contributed by atoms with E-state index in [-0.39, 0.29) is 0 Å². The number of alkyl halides is 2. The Bertz CT molecular complexity index is 612. The molecule has 0 unspecified atom stereocenters. The van der Waals surface area contributed by atoms with Gasteiger partial charge in [-0.25, -0.2) is 0 Å². The van der Waals surface area contributed by atoms with Gasteiger partial charge in [-0.15, -0.1) is 0 Å². The summed E-state index contributed by atoms with van der Waals surface area (Å²) >= 11 is 7.21. The molecule has 0 heterocycles. The summed E-state index contributed by atoms with van der Waals surface area (Å²) in [7, 11) is 0. The van der Waals surface area contributed by atoms with Crippen molar-refractivity contribution in [3.63, 3.8) is 0 Å². The highest BCUT2D eigenvalue weighted by Gasteiger charge is 2.09. The van der Waals surface area contributed by atoms with Crippen LogP contribution in [0.1, 0.15) is 44.5 Å². The second-order valence-electron chi connectivity index (χ2n) is 6.18. The minimum Gasteiger partial charge on any atom is -0.0876 e. The highest BCUT2D eigenvalue weighted by atomic mass is 79.9. The maximum atomic E-state index is 3.61. The molecular weight excluding hydrogens is 400 g/mol. The van der Waals surface area contributed by atoms with Gasteiger partial charge in [-0.05, 0) is 73.9 Å². The third-order valence-electron chi connectivity index (χ3n) is 4.49. The van der Waals surface area contributed by atoms with Crippen molar-refractivity contribution in [1.29, 1.82) is 0 Å². The van der Waals surface area contributed by atoms with E-state index in [9.17, 15) is 0 Å². The van der Waals surface area contributed by atoms with Crippen molar-refractivity contribution in [2.75, 3.05) is 0 Å². The molecule has 0 aliphatic carbocycles. The molecule has 0 atom stereocenters. The van der Waals surface area contributed by atoms with E-state index in [2.05, 4.69) is 83.8 Å². The summed E-state index contributed by atoms with van der Waals surface area (Å²) in [5.41, 5.74) is 11.4. The van der Waals surface area contributed by atoms with Crippen LogP contribution in [0, 0.1) is 27.7 Å². The highest BCUT2D eigenvalue weighted by molar-refractivity contribution is 9.08. The Morgan fingerprint density at radius 3 is 1.23 bits per heavy atom. The van der Waals surface area contributed by atoms with Crippen molar-refractivity contribution in [2.24, 2.45) is 0 Å². The van der Waals surface area contributed by atoms with E-state index in [0.717, 1.165) is 23.5 Å². The summed E-state index contributed by atoms with van der Waals surface area (Å²) in [6.07, 6.45) is 2.22. The minimum atomic E-state index is 0.935. The molecule has 0 spiro atoms. The molecule has 2 heteroatoms. The van der Waals surface area contributed by atoms with Crippen molar-refractivity contribution in [1.82, 2.24) is 0 Å². The number of rotatable bonds is 5. The monoisotopic (exact) mass is 422 g/mol. The Morgan fingerprint density at radius 1 is 0.591 bits per heavy atom. The van der Waals surface area contributed by atoms with Gasteiger partial charge >= 0.3 is 0 Å². The molecule has 0 saturated heterocycles. The zero-order valence-corrected chi connectivity index (χ0v) is 17.1. The molecule has 0 nitrogen and oxygen atoms in total. The lowest BCUT2D eigenvalue weighted by Crippen LogP contribution is -2.01. The van der Waals surface area contributed by atoms with Gasteiger partial charge in [-0.1, -0.05) is 67.3 Å². The van der Waals surface area contributed by atoms with E-state index in [1.807, 2.05) is 0 Å². The lowest BCUT2D eigenvalue weighted by molar-refractivity contribution is 0.926. The summed E-state index contributed by atoms with van der Waals surface area (Å²) < 4.78 is 0. The van der Waals surface area contributed by atoms with E-state index in [1.165, 1.54) is 44.5 Å². The molecule has 2 aromatic rings. The summed E-state index contributed by atoms with van der Waals surface area (Å²) in [4.78, 5) is 0. The number of hydrogen-bond donors (Lipinski definition) is 0. The normalized spacial score (nSPS) is 11.0. The largest absolute Gasteiger partial charge is 0.0876 e. The Hall–Kier alpha value is -0.600. The number of benzene rings is 2. The number of aryl methyl sites for hydroxylation is 4. The summed E-state index contributed by atoms with van der Waals surface area (Å²) in [5, 5.41) is 1.87. The van der Waals surface area contributed by atoms with Gasteiger partial charge in [0.25, 0.3) is 0 Å². The first kappa shape index (κ1) is 17.7. The molecule has 0 aliphatic rings. The second-order valence-corrected chi connectivity index (χ2v) is 7.31. The predicted octanol–water partition coefficient (Wildman–Crippen LogP) is 6.50. The first-order chi connectivity index (χ1) is 10.5. The third kappa shape index (κ3) is 4.02. The van der Waals surface area contributed by atoms with E-state index >= 15 is 0 Å². The van der Waals surface area contributed by atoms with Gasteiger partial charge in [0.2, 0.25) is 0 Å². The molecule has 0 amide bonds. The van der Waals surface area contributed by atoms with Crippen LogP contribution in [0.15, 0.2) is 24.3 Å². The molecule has 0 aromatic heterocycles. The van der Waals surface area contributed by atoms with Gasteiger partial charge in [0.15, 0.2) is 0 Å². The van der Waals surface area contributed by atoms with Crippen LogP contribution >= 0.6 is 31.9 Å². The highest BCUT2D eigenvalue weighted by Crippen LogP contribution is 2.24. The zero-order valence-electron chi connectivity index (χ0n) is 13.9. The van der Waals surface area contributed by atoms with Gasteiger partial charge in [-0.2, -0.15) is 0 Å². The topological polar surface area (TPSA) is 0 Å². The van der Waals surface area contributed by atoms with Crippen molar-refractivity contribution in [2.45, 2.75) is 51.2 Å². The second kappa shape index (κ2) is 7.79. The number of hydrogen-bond acceptors (Lipinski definition) is 0. The molecule has 2 rings (SSSR count). The van der Waals surface area contributed by atoms with E-state index in [4.69, 9.17) is 0 Å². The van der Waals surface area contributed by atoms with E-state index in [1.54, 1.807) is 0 Å². The van der Waals surface area contributed by atoms with Crippen LogP contribution in [0.4, 0.5) is 0 Å². The quantitative estimate of drug-likeness (QED) is 0.481. The number of halogens is 2. The maximum Gasteiger partial charge on any atom is 0.0285 e. The van der Waals surface area contributed by atoms with Crippen molar-refractivity contribution in [3.05, 3.63) is 68.8 Å². The fraction of sp³-hybridized carbons (Fsp3) is 0.400. The Balaban J connectivity index is 2.28. The van der Waals surface area contributed by atoms with Crippen LogP contribution in [0.25, 0.3) is 0 Å². The predicted molar refractivity (Wildman–Crippen MR) is 105 cm³/mol. The average molecular weight is 424 g/mol. The Morgan fingerprint density at radius 2 is 0.909 bits per heavy atom. The minimum absolute atomic E-state index is 0.935. The summed E-state index contributed by atoms with van der Waals surface area (Å²) in [6.45, 7) is 8.88. The average Bonchev–Trinajstić information content (AvgIpc) is 2.50. The SMILES string of the molecule is Cc1cc(CBr)c(C)c(CCc2cc(C)cc(CBr)c2C)c1. The molecule has 0 bridgehead atoms. The van der Waals surface area contributed by atoms with Gasteiger partial charge in [-0.3, -0.25) is 0 Å². The van der Waals surface area contributed by atoms with Crippen LogP contribution in [0.2, 0.25) is 0 Å². The summed E-state index contributed by atoms with van der Waals surface area (Å²) in [5.74, 6) is 0. The van der Waals surface area contributed by atoms with Gasteiger partial charge in [0.05, 0.1) is 0 Å². The smallest absolute Gasteiger partial charge is 0.0285 e. The van der Waals surface area contributed by atoms with Crippen LogP contribution in [0.3, 0.4) is 0 Å². The third-order valence-corrected chi connectivity index (χ3v) is 5.69. The summed E-state index contributed by atoms with van der Waals surface area (Å²) in [6, 6.07) is 9.26. The molecular formula is C20H24Br2. The lowest BCUT2D eigenvalue weighted by atomic mass is 9.92. The molecule has 0 fully saturated rings. The van der Waals surface area contributed by atoms with Crippen LogP contribution in [-0.4, -0.2) is 0 Å². The Labute approximate surface area is 151 Å². The molecule has 22 heavy (non-hydrogen) atoms. The Kier molecular flexibility index (Phi) is 6.28. The molecule has 0 aliphatic heterocycles. The van der Waals surface area contributed by atoms with Gasteiger partial charge < -0.3 is 0 Å². The molecule has 0 saturated carbocycles. The molecule has 118 valence electrons. The van der Waals surface area contributed by atoms with E-state index in [0.29, 0.717) is 0 Å². The molecule has 0 N–H and O–H groups in total. The van der Waals surface area contributed by atoms with Crippen molar-refractivity contribution in [3.8, 4) is 0 Å². The van der Waals surface area contributed by atoms with Crippen LogP contribution in [0.5, 0.6) is 0 Å². The van der Waals surface area contributed by atoms with E-state index < -0.39 is 0 Å². The van der Waals surface area contributed by atoms with Crippen molar-refractivity contribution >= 4 is 31.9 Å². The fourth-order valence-electron chi connectivity index (χ4n) is 3.09. The van der Waals surface area contributed by atoms with Crippen LogP contribution < -0.4 is 0 Å². The van der Waals surface area contributed by atoms with Gasteiger partial charge in [0, 0.05) is 10.7 Å². The zero-order chi connectivity index (χ0) is 16.3. The van der Waals surface area contributed by atoms with Gasteiger partial charge in [0.1, 0.15) is 0 Å². The molecule has 0 radical (unpaired) electrons. The standard InChI is InChI=1S/C20H24Br2/c1-13-7-17(15(3)19(9-13)11-21)5-6-18-8-14(2)10-20(12-22)16(18)4/h7-10H,5-6,11-12H2,1-4H3. The molecule has 2 aromatic carbocycles. The fourth-order valence-corrected chi connectivity index (χ4v) is 4.26. The van der Waals surface area contributed by atoms with Crippen molar-refractivity contribution < 1.29 is 0 Å². The first-order valence-corrected chi connectivity index (χ1v) is 10.0. The van der Waals surface area contributed by atoms with Crippen LogP contribution in [-0.2, 0) is 23.5 Å². The maximum absolute atomic E-state index is 3.61.